The number of nitrogens with one attached hydrogen (secondary N) is 1. The molecule has 0 amide bonds. The average molecular weight is 223 g/mol. The molecule has 1 aromatic carbocycles. The van der Waals surface area contributed by atoms with Gasteiger partial charge >= 0.3 is 0 Å². The van der Waals surface area contributed by atoms with Crippen LogP contribution in [0.5, 0.6) is 0 Å². The third-order valence-corrected chi connectivity index (χ3v) is 2.34. The lowest BCUT2D eigenvalue weighted by molar-refractivity contribution is -0.0145. The molecule has 0 saturated carbocycles. The topological polar surface area (TPSA) is 62.5 Å². The van der Waals surface area contributed by atoms with Gasteiger partial charge in [-0.2, -0.15) is 0 Å². The molecule has 0 heterocycles. The minimum atomic E-state index is -0.0608. The van der Waals surface area contributed by atoms with Crippen molar-refractivity contribution in [2.45, 2.75) is 13.5 Å². The zero-order valence-electron chi connectivity index (χ0n) is 9.62. The van der Waals surface area contributed by atoms with E-state index in [9.17, 15) is 5.11 Å². The fourth-order valence-electron chi connectivity index (χ4n) is 1.50. The number of rotatable bonds is 6. The van der Waals surface area contributed by atoms with E-state index in [0.717, 1.165) is 16.7 Å². The van der Waals surface area contributed by atoms with E-state index in [1.165, 1.54) is 7.11 Å². The summed E-state index contributed by atoms with van der Waals surface area (Å²) >= 11 is 0. The van der Waals surface area contributed by atoms with Crippen LogP contribution in [-0.4, -0.2) is 31.3 Å². The van der Waals surface area contributed by atoms with Gasteiger partial charge in [0, 0.05) is 12.7 Å². The first-order valence-corrected chi connectivity index (χ1v) is 5.04. The Bertz CT molecular complexity index is 363. The van der Waals surface area contributed by atoms with Gasteiger partial charge in [0.1, 0.15) is 6.79 Å². The zero-order valence-corrected chi connectivity index (χ0v) is 9.62. The highest BCUT2D eigenvalue weighted by Gasteiger charge is 2.09. The van der Waals surface area contributed by atoms with Crippen LogP contribution in [0.3, 0.4) is 0 Å². The van der Waals surface area contributed by atoms with E-state index in [1.54, 1.807) is 0 Å². The predicted octanol–water partition coefficient (Wildman–Crippen LogP) is 1.48. The number of methoxy groups -OCH3 is 1. The molecule has 1 rings (SSSR count). The molecule has 0 atom stereocenters. The molecule has 0 aromatic heterocycles. The fourth-order valence-corrected chi connectivity index (χ4v) is 1.50. The van der Waals surface area contributed by atoms with Crippen molar-refractivity contribution in [3.8, 4) is 0 Å². The second-order valence-corrected chi connectivity index (χ2v) is 3.49. The van der Waals surface area contributed by atoms with E-state index in [2.05, 4.69) is 0 Å². The third-order valence-electron chi connectivity index (χ3n) is 2.34. The summed E-state index contributed by atoms with van der Waals surface area (Å²) in [6.07, 6.45) is 0. The number of aryl methyl sites for hydroxylation is 1. The lowest BCUT2D eigenvalue weighted by atomic mass is 9.99. The Morgan fingerprint density at radius 1 is 1.44 bits per heavy atom. The van der Waals surface area contributed by atoms with E-state index < -0.39 is 0 Å². The van der Waals surface area contributed by atoms with Gasteiger partial charge in [-0.05, 0) is 18.1 Å². The van der Waals surface area contributed by atoms with Crippen molar-refractivity contribution in [3.05, 3.63) is 34.9 Å². The van der Waals surface area contributed by atoms with Gasteiger partial charge in [0.15, 0.2) is 0 Å². The molecule has 0 spiro atoms. The first-order chi connectivity index (χ1) is 7.70. The molecular weight excluding hydrogens is 206 g/mol. The van der Waals surface area contributed by atoms with Crippen molar-refractivity contribution >= 4 is 5.71 Å². The Labute approximate surface area is 95.3 Å². The molecule has 0 aliphatic rings. The highest BCUT2D eigenvalue weighted by molar-refractivity contribution is 6.00. The van der Waals surface area contributed by atoms with Gasteiger partial charge < -0.3 is 20.0 Å². The number of aliphatic hydroxyl groups is 1. The number of benzene rings is 1. The van der Waals surface area contributed by atoms with Crippen LogP contribution in [0.25, 0.3) is 0 Å². The molecule has 4 nitrogen and oxygen atoms in total. The van der Waals surface area contributed by atoms with Crippen LogP contribution < -0.4 is 0 Å². The second kappa shape index (κ2) is 6.37. The number of aliphatic hydroxyl groups excluding tert-OH is 1. The molecule has 88 valence electrons. The summed E-state index contributed by atoms with van der Waals surface area (Å²) < 4.78 is 9.85. The second-order valence-electron chi connectivity index (χ2n) is 3.49. The van der Waals surface area contributed by atoms with Crippen molar-refractivity contribution in [1.29, 1.82) is 5.41 Å². The van der Waals surface area contributed by atoms with E-state index >= 15 is 0 Å². The summed E-state index contributed by atoms with van der Waals surface area (Å²) in [5, 5.41) is 17.1. The normalized spacial score (nSPS) is 10.4. The van der Waals surface area contributed by atoms with Gasteiger partial charge in [0.25, 0.3) is 0 Å². The molecule has 0 unspecified atom stereocenters. The first-order valence-electron chi connectivity index (χ1n) is 5.04. The highest BCUT2D eigenvalue weighted by Crippen LogP contribution is 2.14. The Morgan fingerprint density at radius 2 is 2.19 bits per heavy atom. The van der Waals surface area contributed by atoms with Gasteiger partial charge in [0.05, 0.1) is 18.9 Å². The summed E-state index contributed by atoms with van der Waals surface area (Å²) in [5.41, 5.74) is 2.86. The summed E-state index contributed by atoms with van der Waals surface area (Å²) in [5.74, 6) is 0. The summed E-state index contributed by atoms with van der Waals surface area (Å²) in [7, 11) is 1.54. The number of ether oxygens (including phenoxy) is 2. The molecule has 0 saturated heterocycles. The minimum absolute atomic E-state index is 0.0608. The molecule has 16 heavy (non-hydrogen) atoms. The maximum Gasteiger partial charge on any atom is 0.146 e. The van der Waals surface area contributed by atoms with E-state index in [1.807, 2.05) is 25.1 Å². The monoisotopic (exact) mass is 223 g/mol. The van der Waals surface area contributed by atoms with E-state index in [0.29, 0.717) is 5.71 Å². The molecule has 2 N–H and O–H groups in total. The van der Waals surface area contributed by atoms with Crippen LogP contribution in [0, 0.1) is 12.3 Å². The van der Waals surface area contributed by atoms with Crippen molar-refractivity contribution < 1.29 is 14.6 Å². The Hall–Kier alpha value is -1.23. The minimum Gasteiger partial charge on any atom is -0.392 e. The van der Waals surface area contributed by atoms with Crippen LogP contribution in [0.1, 0.15) is 16.7 Å². The van der Waals surface area contributed by atoms with Gasteiger partial charge in [0.2, 0.25) is 0 Å². The Morgan fingerprint density at radius 3 is 2.81 bits per heavy atom. The highest BCUT2D eigenvalue weighted by atomic mass is 16.7. The number of hydrogen-bond acceptors (Lipinski definition) is 4. The van der Waals surface area contributed by atoms with Gasteiger partial charge in [-0.15, -0.1) is 0 Å². The average Bonchev–Trinajstić information content (AvgIpc) is 2.29. The molecule has 0 aliphatic carbocycles. The molecule has 0 radical (unpaired) electrons. The Kier molecular flexibility index (Phi) is 5.11. The quantitative estimate of drug-likeness (QED) is 0.436. The van der Waals surface area contributed by atoms with Crippen LogP contribution >= 0.6 is 0 Å². The van der Waals surface area contributed by atoms with Crippen LogP contribution in [0.15, 0.2) is 18.2 Å². The van der Waals surface area contributed by atoms with Crippen LogP contribution in [0.4, 0.5) is 0 Å². The molecule has 1 aromatic rings. The molecule has 0 bridgehead atoms. The van der Waals surface area contributed by atoms with Crippen molar-refractivity contribution in [2.24, 2.45) is 0 Å². The SMILES string of the molecule is COCOCC(=N)c1cccc(C)c1CO. The molecule has 4 heteroatoms. The number of hydrogen-bond donors (Lipinski definition) is 2. The fraction of sp³-hybridized carbons (Fsp3) is 0.417. The lowest BCUT2D eigenvalue weighted by Gasteiger charge is -2.11. The van der Waals surface area contributed by atoms with Gasteiger partial charge in [-0.1, -0.05) is 18.2 Å². The van der Waals surface area contributed by atoms with Crippen LogP contribution in [-0.2, 0) is 16.1 Å². The summed E-state index contributed by atoms with van der Waals surface area (Å²) in [6, 6.07) is 5.60. The van der Waals surface area contributed by atoms with E-state index in [-0.39, 0.29) is 20.0 Å². The van der Waals surface area contributed by atoms with Gasteiger partial charge in [-0.25, -0.2) is 0 Å². The predicted molar refractivity (Wildman–Crippen MR) is 61.8 cm³/mol. The van der Waals surface area contributed by atoms with Gasteiger partial charge in [-0.3, -0.25) is 0 Å². The lowest BCUT2D eigenvalue weighted by Crippen LogP contribution is -2.13. The molecular formula is C12H17NO3. The van der Waals surface area contributed by atoms with E-state index in [4.69, 9.17) is 14.9 Å². The van der Waals surface area contributed by atoms with Crippen molar-refractivity contribution in [2.75, 3.05) is 20.5 Å². The maximum atomic E-state index is 9.26. The Balaban J connectivity index is 2.78. The van der Waals surface area contributed by atoms with Crippen LogP contribution in [0.2, 0.25) is 0 Å². The molecule has 0 fully saturated rings. The maximum absolute atomic E-state index is 9.26. The standard InChI is InChI=1S/C12H17NO3/c1-9-4-3-5-10(11(9)6-14)12(13)7-16-8-15-2/h3-5,13-14H,6-8H2,1-2H3. The third kappa shape index (κ3) is 3.13. The van der Waals surface area contributed by atoms with Crippen molar-refractivity contribution in [3.63, 3.8) is 0 Å². The molecule has 0 aliphatic heterocycles. The zero-order chi connectivity index (χ0) is 12.0. The first kappa shape index (κ1) is 12.8. The summed E-state index contributed by atoms with van der Waals surface area (Å²) in [4.78, 5) is 0. The largest absolute Gasteiger partial charge is 0.392 e. The smallest absolute Gasteiger partial charge is 0.146 e. The van der Waals surface area contributed by atoms with Crippen molar-refractivity contribution in [1.82, 2.24) is 0 Å². The summed E-state index contributed by atoms with van der Waals surface area (Å²) in [6.45, 7) is 2.21.